The Balaban J connectivity index is 1.06. The van der Waals surface area contributed by atoms with Crippen molar-refractivity contribution in [1.29, 1.82) is 0 Å². The number of hydrogen-bond donors (Lipinski definition) is 0. The van der Waals surface area contributed by atoms with Gasteiger partial charge in [-0.25, -0.2) is 0 Å². The van der Waals surface area contributed by atoms with E-state index in [0.717, 1.165) is 44.9 Å². The van der Waals surface area contributed by atoms with Gasteiger partial charge in [-0.15, -0.1) is 0 Å². The Hall–Kier alpha value is -5.92. The summed E-state index contributed by atoms with van der Waals surface area (Å²) in [4.78, 5) is 2.79. The lowest BCUT2D eigenvalue weighted by Crippen LogP contribution is -2.40. The summed E-state index contributed by atoms with van der Waals surface area (Å²) in [5.41, 5.74) is 17.5. The van der Waals surface area contributed by atoms with Crippen LogP contribution in [0.3, 0.4) is 0 Å². The van der Waals surface area contributed by atoms with Crippen molar-refractivity contribution in [2.75, 3.05) is 4.90 Å². The monoisotopic (exact) mass is 789 g/mol. The molecule has 8 aliphatic carbocycles. The van der Waals surface area contributed by atoms with Crippen molar-refractivity contribution >= 4 is 5.69 Å². The minimum absolute atomic E-state index is 0.182. The smallest absolute Gasteiger partial charge is 0.0634 e. The average molecular weight is 790 g/mol. The summed E-state index contributed by atoms with van der Waals surface area (Å²) in [5.74, 6) is 1.73. The van der Waals surface area contributed by atoms with Crippen molar-refractivity contribution in [2.24, 2.45) is 23.2 Å². The lowest BCUT2D eigenvalue weighted by molar-refractivity contribution is 0.382. The van der Waals surface area contributed by atoms with Crippen LogP contribution < -0.4 is 4.90 Å². The van der Waals surface area contributed by atoms with Crippen LogP contribution in [-0.4, -0.2) is 6.04 Å². The van der Waals surface area contributed by atoms with Gasteiger partial charge in [0.2, 0.25) is 0 Å². The average Bonchev–Trinajstić information content (AvgIpc) is 3.81. The van der Waals surface area contributed by atoms with Crippen molar-refractivity contribution in [1.82, 2.24) is 0 Å². The van der Waals surface area contributed by atoms with Gasteiger partial charge in [-0.2, -0.15) is 0 Å². The number of anilines is 1. The molecule has 12 rings (SSSR count). The Bertz CT molecular complexity index is 2620. The van der Waals surface area contributed by atoms with Crippen molar-refractivity contribution in [3.8, 4) is 0 Å². The van der Waals surface area contributed by atoms with Crippen LogP contribution in [0.2, 0.25) is 0 Å². The van der Waals surface area contributed by atoms with Crippen LogP contribution in [0.1, 0.15) is 86.0 Å². The molecule has 0 amide bonds. The molecule has 8 aliphatic rings. The van der Waals surface area contributed by atoms with Gasteiger partial charge in [0, 0.05) is 23.2 Å². The highest BCUT2D eigenvalue weighted by atomic mass is 15.2. The fraction of sp³-hybridized carbons (Fsp3) is 0.267. The van der Waals surface area contributed by atoms with Crippen molar-refractivity contribution in [3.05, 3.63) is 256 Å². The summed E-state index contributed by atoms with van der Waals surface area (Å²) in [7, 11) is 0. The van der Waals surface area contributed by atoms with Gasteiger partial charge in [0.1, 0.15) is 0 Å². The Labute approximate surface area is 363 Å². The minimum atomic E-state index is -0.293. The van der Waals surface area contributed by atoms with Gasteiger partial charge in [-0.3, -0.25) is 0 Å². The molecule has 0 radical (unpaired) electrons. The molecule has 4 aromatic rings. The molecule has 0 aromatic heterocycles. The molecule has 0 bridgehead atoms. The second-order valence-corrected chi connectivity index (χ2v) is 18.6. The maximum Gasteiger partial charge on any atom is 0.0634 e. The molecule has 0 fully saturated rings. The zero-order valence-corrected chi connectivity index (χ0v) is 35.2. The normalized spacial score (nSPS) is 27.3. The zero-order chi connectivity index (χ0) is 40.4. The zero-order valence-electron chi connectivity index (χ0n) is 35.2. The molecule has 0 heterocycles. The second-order valence-electron chi connectivity index (χ2n) is 18.6. The van der Waals surface area contributed by atoms with Crippen LogP contribution >= 0.6 is 0 Å². The van der Waals surface area contributed by atoms with E-state index in [1.807, 2.05) is 0 Å². The Morgan fingerprint density at radius 1 is 0.590 bits per heavy atom. The van der Waals surface area contributed by atoms with E-state index in [4.69, 9.17) is 0 Å². The number of rotatable bonds is 7. The van der Waals surface area contributed by atoms with Gasteiger partial charge in [-0.1, -0.05) is 193 Å². The fourth-order valence-corrected chi connectivity index (χ4v) is 13.5. The predicted molar refractivity (Wildman–Crippen MR) is 253 cm³/mol. The van der Waals surface area contributed by atoms with E-state index in [1.54, 1.807) is 33.4 Å². The molecule has 0 saturated carbocycles. The molecular weight excluding hydrogens is 735 g/mol. The van der Waals surface area contributed by atoms with Gasteiger partial charge in [-0.05, 0) is 126 Å². The third-order valence-corrected chi connectivity index (χ3v) is 15.9. The first-order chi connectivity index (χ1) is 30.3. The standard InChI is InChI=1S/C60H55N/c1-6-21-43(22-7-1)59(44-23-8-2-9-24-44)54-33-19-18-32-51(54)52-37-35-48(40-56(52)59)61(47-29-14-5-15-30-47)49-36-38-53-57(41-49)60(45-25-10-3-11-26-45,46-27-12-4-13-28-46)55-39-34-42-20-16-17-31-50(42)58(53)55/h1-10,12,14-16,18-25,27,29-30,32-34,38-42,49-50,52,56H,11,13,17,26,28,31,35-37H2. The maximum atomic E-state index is 2.79. The van der Waals surface area contributed by atoms with Crippen LogP contribution in [-0.2, 0) is 5.41 Å². The van der Waals surface area contributed by atoms with Gasteiger partial charge in [0.15, 0.2) is 0 Å². The fourth-order valence-electron chi connectivity index (χ4n) is 13.5. The van der Waals surface area contributed by atoms with Gasteiger partial charge in [0.05, 0.1) is 16.9 Å². The van der Waals surface area contributed by atoms with Crippen LogP contribution in [0.5, 0.6) is 0 Å². The van der Waals surface area contributed by atoms with Crippen LogP contribution in [0, 0.1) is 23.2 Å². The number of hydrogen-bond acceptors (Lipinski definition) is 1. The first-order valence-corrected chi connectivity index (χ1v) is 23.3. The highest BCUT2D eigenvalue weighted by molar-refractivity contribution is 5.77. The molecule has 5 unspecified atom stereocenters. The molecule has 61 heavy (non-hydrogen) atoms. The third-order valence-electron chi connectivity index (χ3n) is 15.9. The van der Waals surface area contributed by atoms with Crippen molar-refractivity contribution in [2.45, 2.75) is 75.2 Å². The molecule has 4 aromatic carbocycles. The summed E-state index contributed by atoms with van der Waals surface area (Å²) >= 11 is 0. The minimum Gasteiger partial charge on any atom is -0.338 e. The summed E-state index contributed by atoms with van der Waals surface area (Å²) in [6.07, 6.45) is 42.8. The van der Waals surface area contributed by atoms with E-state index in [1.165, 1.54) is 46.5 Å². The highest BCUT2D eigenvalue weighted by Crippen LogP contribution is 2.67. The Morgan fingerprint density at radius 3 is 1.95 bits per heavy atom. The molecule has 0 spiro atoms. The Kier molecular flexibility index (Phi) is 9.02. The lowest BCUT2D eigenvalue weighted by Gasteiger charge is -2.45. The molecular formula is C60H55N. The van der Waals surface area contributed by atoms with Crippen molar-refractivity contribution in [3.63, 3.8) is 0 Å². The number of nitrogens with zero attached hydrogens (tertiary/aromatic N) is 1. The van der Waals surface area contributed by atoms with E-state index in [2.05, 4.69) is 199 Å². The highest BCUT2D eigenvalue weighted by Gasteiger charge is 2.56. The van der Waals surface area contributed by atoms with E-state index in [0.29, 0.717) is 17.8 Å². The summed E-state index contributed by atoms with van der Waals surface area (Å²) in [5, 5.41) is 0. The van der Waals surface area contributed by atoms with Gasteiger partial charge < -0.3 is 4.90 Å². The van der Waals surface area contributed by atoms with E-state index in [-0.39, 0.29) is 22.8 Å². The summed E-state index contributed by atoms with van der Waals surface area (Å²) in [6.45, 7) is 0. The summed E-state index contributed by atoms with van der Waals surface area (Å²) < 4.78 is 0. The second kappa shape index (κ2) is 14.9. The molecule has 300 valence electrons. The van der Waals surface area contributed by atoms with E-state index < -0.39 is 0 Å². The molecule has 0 N–H and O–H groups in total. The van der Waals surface area contributed by atoms with Gasteiger partial charge in [0.25, 0.3) is 0 Å². The molecule has 1 heteroatoms. The van der Waals surface area contributed by atoms with Crippen molar-refractivity contribution < 1.29 is 0 Å². The molecule has 0 aliphatic heterocycles. The summed E-state index contributed by atoms with van der Waals surface area (Å²) in [6, 6.07) is 43.9. The maximum absolute atomic E-state index is 2.79. The number of fused-ring (bicyclic) bond motifs is 7. The topological polar surface area (TPSA) is 3.24 Å². The molecule has 0 saturated heterocycles. The molecule has 5 atom stereocenters. The number of para-hydroxylation sites is 1. The first-order valence-electron chi connectivity index (χ1n) is 23.3. The first kappa shape index (κ1) is 36.9. The van der Waals surface area contributed by atoms with Gasteiger partial charge >= 0.3 is 0 Å². The quantitative estimate of drug-likeness (QED) is 0.169. The SMILES string of the molecule is C1=CCCC(C2(C3=CC=CCC3)C3=CC(N(C4=CC5C(CC4)c4ccccc4C5(c4ccccc4)c4ccccc4)c4ccccc4)CC=C3C3=C2C=CC2C=CCCC32)=C1. The third kappa shape index (κ3) is 5.52. The largest absolute Gasteiger partial charge is 0.338 e. The molecule has 1 nitrogen and oxygen atoms in total. The Morgan fingerprint density at radius 2 is 1.26 bits per heavy atom. The number of benzene rings is 4. The number of allylic oxidation sites excluding steroid dienone is 18. The van der Waals surface area contributed by atoms with E-state index >= 15 is 0 Å². The van der Waals surface area contributed by atoms with Crippen LogP contribution in [0.4, 0.5) is 5.69 Å². The van der Waals surface area contributed by atoms with E-state index in [9.17, 15) is 0 Å². The predicted octanol–water partition coefficient (Wildman–Crippen LogP) is 14.5. The van der Waals surface area contributed by atoms with Crippen LogP contribution in [0.15, 0.2) is 233 Å². The van der Waals surface area contributed by atoms with Crippen LogP contribution in [0.25, 0.3) is 0 Å². The lowest BCUT2D eigenvalue weighted by atomic mass is 9.60.